The molecule has 2 aliphatic carbocycles. The summed E-state index contributed by atoms with van der Waals surface area (Å²) in [6, 6.07) is 0.211. The molecule has 21 heavy (non-hydrogen) atoms. The molecule has 2 fully saturated rings. The Bertz CT molecular complexity index is 330. The highest BCUT2D eigenvalue weighted by Gasteiger charge is 2.41. The summed E-state index contributed by atoms with van der Waals surface area (Å²) in [6.45, 7) is 1.92. The molecule has 6 heteroatoms. The van der Waals surface area contributed by atoms with Crippen LogP contribution in [0.2, 0.25) is 0 Å². The Morgan fingerprint density at radius 3 is 2.33 bits per heavy atom. The Hall–Kier alpha value is -0.420. The van der Waals surface area contributed by atoms with Crippen molar-refractivity contribution in [3.63, 3.8) is 0 Å². The molecule has 2 unspecified atom stereocenters. The third kappa shape index (κ3) is 4.52. The van der Waals surface area contributed by atoms with Gasteiger partial charge in [-0.05, 0) is 43.9 Å². The lowest BCUT2D eigenvalue weighted by atomic mass is 9.65. The first-order chi connectivity index (χ1) is 9.52. The molecule has 0 aliphatic heterocycles. The molecule has 124 valence electrons. The molecule has 0 radical (unpaired) electrons. The van der Waals surface area contributed by atoms with Crippen molar-refractivity contribution in [3.8, 4) is 0 Å². The van der Waals surface area contributed by atoms with Crippen LogP contribution >= 0.6 is 12.4 Å². The highest BCUT2D eigenvalue weighted by atomic mass is 35.5. The van der Waals surface area contributed by atoms with E-state index in [1.54, 1.807) is 0 Å². The van der Waals surface area contributed by atoms with Gasteiger partial charge in [-0.3, -0.25) is 4.79 Å². The first kappa shape index (κ1) is 18.6. The zero-order valence-electron chi connectivity index (χ0n) is 12.6. The van der Waals surface area contributed by atoms with Gasteiger partial charge in [0.15, 0.2) is 0 Å². The average molecular weight is 325 g/mol. The van der Waals surface area contributed by atoms with Crippen LogP contribution in [0.3, 0.4) is 0 Å². The van der Waals surface area contributed by atoms with Gasteiger partial charge in [0, 0.05) is 18.5 Å². The van der Waals surface area contributed by atoms with Gasteiger partial charge in [0.1, 0.15) is 0 Å². The fourth-order valence-corrected chi connectivity index (χ4v) is 3.98. The lowest BCUT2D eigenvalue weighted by Crippen LogP contribution is -2.50. The summed E-state index contributed by atoms with van der Waals surface area (Å²) >= 11 is 0. The van der Waals surface area contributed by atoms with Crippen LogP contribution in [0.1, 0.15) is 45.4 Å². The van der Waals surface area contributed by atoms with Gasteiger partial charge in [0.05, 0.1) is 6.54 Å². The Balaban J connectivity index is 0.00000220. The predicted molar refractivity (Wildman–Crippen MR) is 81.7 cm³/mol. The maximum absolute atomic E-state index is 12.6. The van der Waals surface area contributed by atoms with Crippen LogP contribution in [0, 0.1) is 17.8 Å². The highest BCUT2D eigenvalue weighted by Crippen LogP contribution is 2.42. The van der Waals surface area contributed by atoms with Crippen molar-refractivity contribution in [3.05, 3.63) is 0 Å². The first-order valence-electron chi connectivity index (χ1n) is 7.85. The lowest BCUT2D eigenvalue weighted by Gasteiger charge is -2.44. The van der Waals surface area contributed by atoms with Crippen LogP contribution in [0.5, 0.6) is 0 Å². The molecule has 2 rings (SSSR count). The summed E-state index contributed by atoms with van der Waals surface area (Å²) in [5.41, 5.74) is 6.22. The van der Waals surface area contributed by atoms with E-state index in [0.717, 1.165) is 32.1 Å². The lowest BCUT2D eigenvalue weighted by molar-refractivity contribution is -0.140. The number of hydrogen-bond acceptors (Lipinski definition) is 2. The second-order valence-electron chi connectivity index (χ2n) is 6.37. The van der Waals surface area contributed by atoms with Gasteiger partial charge in [0.25, 0.3) is 6.43 Å². The predicted octanol–water partition coefficient (Wildman–Crippen LogP) is 3.07. The fraction of sp³-hybridized carbons (Fsp3) is 0.933. The van der Waals surface area contributed by atoms with Crippen LogP contribution in [0.15, 0.2) is 0 Å². The van der Waals surface area contributed by atoms with Crippen molar-refractivity contribution < 1.29 is 13.6 Å². The number of amides is 1. The third-order valence-corrected chi connectivity index (χ3v) is 4.93. The summed E-state index contributed by atoms with van der Waals surface area (Å²) in [7, 11) is 0. The van der Waals surface area contributed by atoms with Crippen molar-refractivity contribution in [1.29, 1.82) is 0 Å². The quantitative estimate of drug-likeness (QED) is 0.844. The Labute approximate surface area is 132 Å². The summed E-state index contributed by atoms with van der Waals surface area (Å²) in [5, 5.41) is 0. The molecule has 2 saturated carbocycles. The van der Waals surface area contributed by atoms with Crippen molar-refractivity contribution in [2.45, 2.75) is 57.9 Å². The number of carbonyl (C=O) groups excluding carboxylic acids is 1. The maximum Gasteiger partial charge on any atom is 0.255 e. The fourth-order valence-electron chi connectivity index (χ4n) is 3.98. The average Bonchev–Trinajstić information content (AvgIpc) is 2.36. The SMILES string of the molecule is CCCN(CC(F)F)C(=O)C1CC2CCCC(C1)C2N.Cl. The Morgan fingerprint density at radius 1 is 1.29 bits per heavy atom. The Morgan fingerprint density at radius 2 is 1.86 bits per heavy atom. The molecule has 2 N–H and O–H groups in total. The van der Waals surface area contributed by atoms with Crippen molar-refractivity contribution in [2.75, 3.05) is 13.1 Å². The van der Waals surface area contributed by atoms with Crippen LogP contribution in [-0.4, -0.2) is 36.4 Å². The van der Waals surface area contributed by atoms with E-state index in [2.05, 4.69) is 0 Å². The molecule has 2 atom stereocenters. The van der Waals surface area contributed by atoms with E-state index in [4.69, 9.17) is 5.73 Å². The van der Waals surface area contributed by atoms with Gasteiger partial charge in [-0.2, -0.15) is 0 Å². The zero-order chi connectivity index (χ0) is 14.7. The second-order valence-corrected chi connectivity index (χ2v) is 6.37. The van der Waals surface area contributed by atoms with E-state index in [-0.39, 0.29) is 30.3 Å². The number of fused-ring (bicyclic) bond motifs is 2. The van der Waals surface area contributed by atoms with Gasteiger partial charge in [0.2, 0.25) is 5.91 Å². The molecule has 0 aromatic carbocycles. The smallest absolute Gasteiger partial charge is 0.255 e. The molecule has 0 heterocycles. The highest BCUT2D eigenvalue weighted by molar-refractivity contribution is 5.85. The van der Waals surface area contributed by atoms with Crippen molar-refractivity contribution in [1.82, 2.24) is 4.90 Å². The van der Waals surface area contributed by atoms with Crippen LogP contribution in [0.4, 0.5) is 8.78 Å². The molecule has 2 bridgehead atoms. The van der Waals surface area contributed by atoms with E-state index in [9.17, 15) is 13.6 Å². The minimum Gasteiger partial charge on any atom is -0.337 e. The largest absolute Gasteiger partial charge is 0.337 e. The normalized spacial score (nSPS) is 31.7. The molecule has 0 spiro atoms. The van der Waals surface area contributed by atoms with Crippen LogP contribution in [0.25, 0.3) is 0 Å². The topological polar surface area (TPSA) is 46.3 Å². The van der Waals surface area contributed by atoms with Crippen molar-refractivity contribution in [2.24, 2.45) is 23.5 Å². The Kier molecular flexibility index (Phi) is 7.34. The van der Waals surface area contributed by atoms with E-state index < -0.39 is 13.0 Å². The molecular formula is C15H27ClF2N2O. The summed E-state index contributed by atoms with van der Waals surface area (Å²) < 4.78 is 25.2. The molecule has 3 nitrogen and oxygen atoms in total. The first-order valence-corrected chi connectivity index (χ1v) is 7.85. The molecule has 1 amide bonds. The number of nitrogens with two attached hydrogens (primary N) is 1. The van der Waals surface area contributed by atoms with E-state index in [1.165, 1.54) is 11.3 Å². The summed E-state index contributed by atoms with van der Waals surface area (Å²) in [6.07, 6.45) is 3.22. The molecule has 2 aliphatic rings. The van der Waals surface area contributed by atoms with Crippen LogP contribution in [-0.2, 0) is 4.79 Å². The van der Waals surface area contributed by atoms with Crippen molar-refractivity contribution >= 4 is 18.3 Å². The van der Waals surface area contributed by atoms with E-state index in [0.29, 0.717) is 18.4 Å². The zero-order valence-corrected chi connectivity index (χ0v) is 13.5. The van der Waals surface area contributed by atoms with Gasteiger partial charge in [-0.15, -0.1) is 12.4 Å². The number of rotatable bonds is 5. The van der Waals surface area contributed by atoms with E-state index >= 15 is 0 Å². The summed E-state index contributed by atoms with van der Waals surface area (Å²) in [5.74, 6) is 0.657. The summed E-state index contributed by atoms with van der Waals surface area (Å²) in [4.78, 5) is 13.9. The molecule has 0 saturated heterocycles. The molecule has 0 aromatic rings. The van der Waals surface area contributed by atoms with Gasteiger partial charge < -0.3 is 10.6 Å². The molecular weight excluding hydrogens is 298 g/mol. The second kappa shape index (κ2) is 8.28. The number of nitrogens with zero attached hydrogens (tertiary/aromatic N) is 1. The van der Waals surface area contributed by atoms with Gasteiger partial charge in [-0.1, -0.05) is 13.3 Å². The number of hydrogen-bond donors (Lipinski definition) is 1. The van der Waals surface area contributed by atoms with Gasteiger partial charge in [-0.25, -0.2) is 8.78 Å². The monoisotopic (exact) mass is 324 g/mol. The van der Waals surface area contributed by atoms with E-state index in [1.807, 2.05) is 6.92 Å². The standard InChI is InChI=1S/C15H26F2N2O.ClH/c1-2-6-19(9-13(16)17)15(20)12-7-10-4-3-5-11(8-12)14(10)18;/h10-14H,2-9,18H2,1H3;1H. The molecule has 0 aromatic heterocycles. The number of halogens is 3. The van der Waals surface area contributed by atoms with Gasteiger partial charge >= 0.3 is 0 Å². The third-order valence-electron chi connectivity index (χ3n) is 4.93. The number of alkyl halides is 2. The number of carbonyl (C=O) groups is 1. The minimum atomic E-state index is -2.45. The maximum atomic E-state index is 12.6. The van der Waals surface area contributed by atoms with Crippen LogP contribution < -0.4 is 5.73 Å². The minimum absolute atomic E-state index is 0.